The first-order valence-electron chi connectivity index (χ1n) is 6.74. The van der Waals surface area contributed by atoms with Gasteiger partial charge < -0.3 is 10.4 Å². The second-order valence-electron chi connectivity index (χ2n) is 5.37. The predicted molar refractivity (Wildman–Crippen MR) is 78.0 cm³/mol. The van der Waals surface area contributed by atoms with E-state index in [-0.39, 0.29) is 0 Å². The summed E-state index contributed by atoms with van der Waals surface area (Å²) < 4.78 is 0. The molecule has 0 saturated heterocycles. The predicted octanol–water partition coefficient (Wildman–Crippen LogP) is 2.33. The van der Waals surface area contributed by atoms with Crippen LogP contribution < -0.4 is 5.32 Å². The third-order valence-corrected chi connectivity index (χ3v) is 4.89. The van der Waals surface area contributed by atoms with E-state index in [0.29, 0.717) is 10.9 Å². The van der Waals surface area contributed by atoms with Crippen molar-refractivity contribution in [3.63, 3.8) is 0 Å². The Morgan fingerprint density at radius 3 is 2.84 bits per heavy atom. The first-order valence-corrected chi connectivity index (χ1v) is 7.56. The summed E-state index contributed by atoms with van der Waals surface area (Å²) in [6.07, 6.45) is 2.65. The Hall–Kier alpha value is -0.910. The van der Waals surface area contributed by atoms with Crippen molar-refractivity contribution in [2.45, 2.75) is 45.3 Å². The van der Waals surface area contributed by atoms with Crippen LogP contribution in [0.3, 0.4) is 0 Å². The zero-order valence-electron chi connectivity index (χ0n) is 11.8. The fraction of sp³-hybridized carbons (Fsp3) is 0.643. The van der Waals surface area contributed by atoms with Gasteiger partial charge in [0.2, 0.25) is 0 Å². The number of aryl methyl sites for hydroxylation is 1. The van der Waals surface area contributed by atoms with E-state index >= 15 is 0 Å². The van der Waals surface area contributed by atoms with E-state index in [0.717, 1.165) is 29.6 Å². The maximum atomic E-state index is 10.9. The average molecular weight is 282 g/mol. The zero-order chi connectivity index (χ0) is 14.0. The molecule has 1 unspecified atom stereocenters. The lowest BCUT2D eigenvalue weighted by Crippen LogP contribution is -2.38. The van der Waals surface area contributed by atoms with E-state index in [1.54, 1.807) is 6.07 Å². The number of nitrogens with one attached hydrogen (secondary N) is 1. The van der Waals surface area contributed by atoms with Crippen LogP contribution in [0.2, 0.25) is 0 Å². The van der Waals surface area contributed by atoms with Crippen LogP contribution in [0.1, 0.15) is 39.9 Å². The monoisotopic (exact) mass is 282 g/mol. The molecule has 19 heavy (non-hydrogen) atoms. The minimum absolute atomic E-state index is 0.428. The molecule has 1 aliphatic rings. The Morgan fingerprint density at radius 1 is 1.63 bits per heavy atom. The topological polar surface area (TPSA) is 52.6 Å². The summed E-state index contributed by atoms with van der Waals surface area (Å²) in [4.78, 5) is 14.8. The molecule has 2 N–H and O–H groups in total. The summed E-state index contributed by atoms with van der Waals surface area (Å²) in [5.74, 6) is -0.832. The number of nitrogens with zero attached hydrogens (tertiary/aromatic N) is 1. The summed E-state index contributed by atoms with van der Waals surface area (Å²) >= 11 is 1.35. The number of rotatable bonds is 7. The van der Waals surface area contributed by atoms with Crippen LogP contribution in [0.25, 0.3) is 0 Å². The molecule has 4 nitrogen and oxygen atoms in total. The van der Waals surface area contributed by atoms with Gasteiger partial charge >= 0.3 is 5.97 Å². The van der Waals surface area contributed by atoms with Crippen molar-refractivity contribution in [2.75, 3.05) is 13.6 Å². The molecule has 1 aromatic rings. The largest absolute Gasteiger partial charge is 0.477 e. The van der Waals surface area contributed by atoms with Gasteiger partial charge in [0.05, 0.1) is 0 Å². The second kappa shape index (κ2) is 6.03. The minimum atomic E-state index is -0.832. The van der Waals surface area contributed by atoms with Crippen molar-refractivity contribution in [3.8, 4) is 0 Å². The maximum absolute atomic E-state index is 10.9. The summed E-state index contributed by atoms with van der Waals surface area (Å²) in [6, 6.07) is 3.08. The van der Waals surface area contributed by atoms with Crippen LogP contribution in [-0.4, -0.2) is 41.7 Å². The van der Waals surface area contributed by atoms with E-state index in [1.807, 2.05) is 6.92 Å². The lowest BCUT2D eigenvalue weighted by atomic mass is 10.2. The number of likely N-dealkylation sites (N-methyl/N-ethyl adjacent to an activating group) is 1. The van der Waals surface area contributed by atoms with Crippen LogP contribution in [0.4, 0.5) is 0 Å². The molecule has 0 amide bonds. The lowest BCUT2D eigenvalue weighted by molar-refractivity contribution is 0.0702. The van der Waals surface area contributed by atoms with Crippen LogP contribution in [-0.2, 0) is 6.54 Å². The normalized spacial score (nSPS) is 16.8. The average Bonchev–Trinajstić information content (AvgIpc) is 3.13. The Labute approximate surface area is 118 Å². The third-order valence-electron chi connectivity index (χ3n) is 3.80. The molecule has 0 spiro atoms. The van der Waals surface area contributed by atoms with Crippen molar-refractivity contribution in [2.24, 2.45) is 0 Å². The van der Waals surface area contributed by atoms with Gasteiger partial charge in [-0.25, -0.2) is 4.79 Å². The summed E-state index contributed by atoms with van der Waals surface area (Å²) in [6.45, 7) is 5.89. The highest BCUT2D eigenvalue weighted by Gasteiger charge is 2.28. The summed E-state index contributed by atoms with van der Waals surface area (Å²) in [5, 5.41) is 12.4. The zero-order valence-corrected chi connectivity index (χ0v) is 12.6. The van der Waals surface area contributed by atoms with Gasteiger partial charge in [-0.05, 0) is 45.4 Å². The highest BCUT2D eigenvalue weighted by molar-refractivity contribution is 7.14. The summed E-state index contributed by atoms with van der Waals surface area (Å²) in [5.41, 5.74) is 1.10. The highest BCUT2D eigenvalue weighted by atomic mass is 32.1. The van der Waals surface area contributed by atoms with Crippen LogP contribution in [0.15, 0.2) is 6.07 Å². The molecule has 0 radical (unpaired) electrons. The van der Waals surface area contributed by atoms with E-state index in [1.165, 1.54) is 24.2 Å². The highest BCUT2D eigenvalue weighted by Crippen LogP contribution is 2.26. The first-order chi connectivity index (χ1) is 8.99. The molecular weight excluding hydrogens is 260 g/mol. The Morgan fingerprint density at radius 2 is 2.32 bits per heavy atom. The molecule has 2 rings (SSSR count). The van der Waals surface area contributed by atoms with Gasteiger partial charge in [0.15, 0.2) is 0 Å². The molecule has 1 fully saturated rings. The second-order valence-corrected chi connectivity index (χ2v) is 6.63. The molecule has 1 aliphatic carbocycles. The fourth-order valence-corrected chi connectivity index (χ4v) is 3.08. The number of hydrogen-bond donors (Lipinski definition) is 2. The lowest BCUT2D eigenvalue weighted by Gasteiger charge is -2.24. The van der Waals surface area contributed by atoms with Gasteiger partial charge in [0.1, 0.15) is 4.88 Å². The van der Waals surface area contributed by atoms with E-state index in [2.05, 4.69) is 24.2 Å². The van der Waals surface area contributed by atoms with Gasteiger partial charge in [0.25, 0.3) is 0 Å². The van der Waals surface area contributed by atoms with E-state index in [9.17, 15) is 4.79 Å². The molecule has 0 aromatic carbocycles. The fourth-order valence-electron chi connectivity index (χ4n) is 2.20. The van der Waals surface area contributed by atoms with Crippen molar-refractivity contribution >= 4 is 17.3 Å². The molecule has 5 heteroatoms. The first kappa shape index (κ1) is 14.5. The number of hydrogen-bond acceptors (Lipinski definition) is 4. The molecule has 1 saturated carbocycles. The van der Waals surface area contributed by atoms with E-state index < -0.39 is 5.97 Å². The standard InChI is InChI=1S/C14H22N2O2S/c1-9(16(3)12-4-5-12)7-15-8-11-6-13(14(17)18)19-10(11)2/h6,9,12,15H,4-5,7-8H2,1-3H3,(H,17,18). The molecule has 1 heterocycles. The van der Waals surface area contributed by atoms with Crippen molar-refractivity contribution in [1.82, 2.24) is 10.2 Å². The number of thiophene rings is 1. The Bertz CT molecular complexity index is 454. The SMILES string of the molecule is Cc1sc(C(=O)O)cc1CNCC(C)N(C)C1CC1. The Kier molecular flexibility index (Phi) is 4.60. The van der Waals surface area contributed by atoms with Gasteiger partial charge in [-0.1, -0.05) is 0 Å². The smallest absolute Gasteiger partial charge is 0.345 e. The number of carbonyl (C=O) groups is 1. The molecule has 1 atom stereocenters. The Balaban J connectivity index is 1.80. The molecule has 106 valence electrons. The molecule has 0 aliphatic heterocycles. The van der Waals surface area contributed by atoms with Crippen molar-refractivity contribution < 1.29 is 9.90 Å². The number of carboxylic acid groups (broad SMARTS) is 1. The van der Waals surface area contributed by atoms with Gasteiger partial charge in [-0.15, -0.1) is 11.3 Å². The summed E-state index contributed by atoms with van der Waals surface area (Å²) in [7, 11) is 2.18. The maximum Gasteiger partial charge on any atom is 0.345 e. The molecule has 0 bridgehead atoms. The van der Waals surface area contributed by atoms with Crippen LogP contribution in [0.5, 0.6) is 0 Å². The molecule has 1 aromatic heterocycles. The van der Waals surface area contributed by atoms with Crippen LogP contribution in [0, 0.1) is 6.92 Å². The van der Waals surface area contributed by atoms with Crippen LogP contribution >= 0.6 is 11.3 Å². The molecular formula is C14H22N2O2S. The van der Waals surface area contributed by atoms with Gasteiger partial charge in [0, 0.05) is 30.1 Å². The number of aromatic carboxylic acids is 1. The van der Waals surface area contributed by atoms with Crippen molar-refractivity contribution in [1.29, 1.82) is 0 Å². The third kappa shape index (κ3) is 3.78. The van der Waals surface area contributed by atoms with E-state index in [4.69, 9.17) is 5.11 Å². The van der Waals surface area contributed by atoms with Gasteiger partial charge in [-0.2, -0.15) is 0 Å². The number of carboxylic acids is 1. The minimum Gasteiger partial charge on any atom is -0.477 e. The van der Waals surface area contributed by atoms with Crippen molar-refractivity contribution in [3.05, 3.63) is 21.4 Å². The quantitative estimate of drug-likeness (QED) is 0.806. The van der Waals surface area contributed by atoms with Gasteiger partial charge in [-0.3, -0.25) is 4.90 Å².